The van der Waals surface area contributed by atoms with Gasteiger partial charge in [-0.2, -0.15) is 5.10 Å². The highest BCUT2D eigenvalue weighted by atomic mass is 32.2. The van der Waals surface area contributed by atoms with E-state index in [4.69, 9.17) is 0 Å². The Bertz CT molecular complexity index is 769. The molecule has 2 rings (SSSR count). The van der Waals surface area contributed by atoms with Gasteiger partial charge in [0, 0.05) is 7.05 Å². The molecule has 1 heterocycles. The molecule has 0 aliphatic rings. The predicted molar refractivity (Wildman–Crippen MR) is 95.5 cm³/mol. The Kier molecular flexibility index (Phi) is 5.32. The van der Waals surface area contributed by atoms with E-state index < -0.39 is 11.2 Å². The second kappa shape index (κ2) is 6.89. The Morgan fingerprint density at radius 2 is 1.65 bits per heavy atom. The van der Waals surface area contributed by atoms with E-state index in [2.05, 4.69) is 38.0 Å². The molecule has 1 aromatic carbocycles. The van der Waals surface area contributed by atoms with Gasteiger partial charge in [-0.15, -0.1) is 0 Å². The molecule has 0 aliphatic heterocycles. The predicted octanol–water partition coefficient (Wildman–Crippen LogP) is 2.93. The lowest BCUT2D eigenvalue weighted by Gasteiger charge is -2.19. The van der Waals surface area contributed by atoms with E-state index in [1.807, 2.05) is 6.92 Å². The van der Waals surface area contributed by atoms with Gasteiger partial charge in [-0.05, 0) is 54.6 Å². The van der Waals surface area contributed by atoms with Crippen molar-refractivity contribution in [2.45, 2.75) is 45.4 Å². The Hall–Kier alpha value is -1.59. The molecule has 0 N–H and O–H groups in total. The summed E-state index contributed by atoms with van der Waals surface area (Å²) in [5.74, 6) is 0. The Labute approximate surface area is 140 Å². The summed E-state index contributed by atoms with van der Waals surface area (Å²) < 4.78 is 13.7. The van der Waals surface area contributed by atoms with Crippen LogP contribution in [0.15, 0.2) is 21.8 Å². The first-order valence-corrected chi connectivity index (χ1v) is 9.41. The molecule has 4 nitrogen and oxygen atoms in total. The molecule has 0 aliphatic carbocycles. The third-order valence-corrected chi connectivity index (χ3v) is 5.18. The number of nitrogens with zero attached hydrogens (tertiary/aromatic N) is 2. The summed E-state index contributed by atoms with van der Waals surface area (Å²) >= 11 is -1.27. The summed E-state index contributed by atoms with van der Waals surface area (Å²) in [6.45, 7) is 8.04. The SMILES string of the molecule is CCc1cc(C)cc(CC)c1-c1c([S+](C)[O-])c(C)nn(C)c1=O. The molecule has 0 saturated carbocycles. The van der Waals surface area contributed by atoms with Gasteiger partial charge in [0.25, 0.3) is 5.56 Å². The van der Waals surface area contributed by atoms with Crippen LogP contribution < -0.4 is 5.56 Å². The van der Waals surface area contributed by atoms with Gasteiger partial charge in [0.05, 0.1) is 0 Å². The molecule has 1 aromatic heterocycles. The molecule has 23 heavy (non-hydrogen) atoms. The van der Waals surface area contributed by atoms with Crippen LogP contribution in [0.1, 0.15) is 36.2 Å². The maximum Gasteiger partial charge on any atom is 0.279 e. The van der Waals surface area contributed by atoms with Gasteiger partial charge in [-0.3, -0.25) is 4.79 Å². The van der Waals surface area contributed by atoms with Crippen LogP contribution in [0.3, 0.4) is 0 Å². The fourth-order valence-electron chi connectivity index (χ4n) is 3.15. The van der Waals surface area contributed by atoms with Gasteiger partial charge in [-0.25, -0.2) is 4.68 Å². The van der Waals surface area contributed by atoms with Crippen molar-refractivity contribution in [3.8, 4) is 11.1 Å². The van der Waals surface area contributed by atoms with Crippen molar-refractivity contribution in [1.82, 2.24) is 9.78 Å². The first kappa shape index (κ1) is 17.8. The summed E-state index contributed by atoms with van der Waals surface area (Å²) in [6.07, 6.45) is 3.26. The van der Waals surface area contributed by atoms with Gasteiger partial charge in [0.1, 0.15) is 17.5 Å². The third-order valence-electron chi connectivity index (χ3n) is 4.11. The van der Waals surface area contributed by atoms with E-state index in [9.17, 15) is 9.35 Å². The minimum absolute atomic E-state index is 0.186. The maximum absolute atomic E-state index is 12.8. The second-order valence-electron chi connectivity index (χ2n) is 5.84. The average Bonchev–Trinajstić information content (AvgIpc) is 2.49. The fraction of sp³-hybridized carbons (Fsp3) is 0.444. The number of benzene rings is 1. The zero-order chi connectivity index (χ0) is 17.3. The topological polar surface area (TPSA) is 58.0 Å². The zero-order valence-electron chi connectivity index (χ0n) is 14.7. The van der Waals surface area contributed by atoms with Crippen LogP contribution in [0.2, 0.25) is 0 Å². The second-order valence-corrected chi connectivity index (χ2v) is 7.15. The third kappa shape index (κ3) is 3.21. The molecule has 2 aromatic rings. The van der Waals surface area contributed by atoms with Gasteiger partial charge < -0.3 is 4.55 Å². The monoisotopic (exact) mass is 332 g/mol. The smallest absolute Gasteiger partial charge is 0.279 e. The van der Waals surface area contributed by atoms with E-state index in [-0.39, 0.29) is 5.56 Å². The fourth-order valence-corrected chi connectivity index (χ4v) is 4.08. The average molecular weight is 332 g/mol. The summed E-state index contributed by atoms with van der Waals surface area (Å²) in [5.41, 5.74) is 5.38. The highest BCUT2D eigenvalue weighted by Gasteiger charge is 2.26. The van der Waals surface area contributed by atoms with Crippen LogP contribution >= 0.6 is 0 Å². The largest absolute Gasteiger partial charge is 0.612 e. The van der Waals surface area contributed by atoms with Crippen molar-refractivity contribution in [3.63, 3.8) is 0 Å². The van der Waals surface area contributed by atoms with Gasteiger partial charge in [0.2, 0.25) is 0 Å². The van der Waals surface area contributed by atoms with Crippen LogP contribution in [0, 0.1) is 13.8 Å². The van der Waals surface area contributed by atoms with E-state index >= 15 is 0 Å². The lowest BCUT2D eigenvalue weighted by Crippen LogP contribution is -2.26. The summed E-state index contributed by atoms with van der Waals surface area (Å²) in [7, 11) is 1.65. The molecule has 0 saturated heterocycles. The highest BCUT2D eigenvalue weighted by molar-refractivity contribution is 7.90. The zero-order valence-corrected chi connectivity index (χ0v) is 15.5. The molecule has 0 spiro atoms. The quantitative estimate of drug-likeness (QED) is 0.809. The normalized spacial score (nSPS) is 12.5. The van der Waals surface area contributed by atoms with Crippen molar-refractivity contribution in [2.24, 2.45) is 7.05 Å². The molecule has 124 valence electrons. The maximum atomic E-state index is 12.8. The summed E-state index contributed by atoms with van der Waals surface area (Å²) in [4.78, 5) is 13.4. The Balaban J connectivity index is 3.00. The van der Waals surface area contributed by atoms with E-state index in [0.29, 0.717) is 16.2 Å². The minimum Gasteiger partial charge on any atom is -0.612 e. The van der Waals surface area contributed by atoms with Crippen LogP contribution in [-0.2, 0) is 31.1 Å². The Morgan fingerprint density at radius 3 is 2.09 bits per heavy atom. The van der Waals surface area contributed by atoms with Gasteiger partial charge in [-0.1, -0.05) is 31.5 Å². The lowest BCUT2D eigenvalue weighted by atomic mass is 9.90. The van der Waals surface area contributed by atoms with Gasteiger partial charge in [0.15, 0.2) is 4.90 Å². The van der Waals surface area contributed by atoms with Crippen molar-refractivity contribution in [1.29, 1.82) is 0 Å². The molecule has 1 atom stereocenters. The molecule has 0 fully saturated rings. The molecule has 0 amide bonds. The lowest BCUT2D eigenvalue weighted by molar-refractivity contribution is 0.595. The van der Waals surface area contributed by atoms with Crippen LogP contribution in [0.25, 0.3) is 11.1 Å². The van der Waals surface area contributed by atoms with E-state index in [0.717, 1.165) is 29.5 Å². The van der Waals surface area contributed by atoms with Crippen molar-refractivity contribution in [3.05, 3.63) is 44.9 Å². The minimum atomic E-state index is -1.27. The molecule has 0 bridgehead atoms. The van der Waals surface area contributed by atoms with Crippen molar-refractivity contribution in [2.75, 3.05) is 6.26 Å². The van der Waals surface area contributed by atoms with Gasteiger partial charge >= 0.3 is 0 Å². The summed E-state index contributed by atoms with van der Waals surface area (Å²) in [5, 5.41) is 4.22. The van der Waals surface area contributed by atoms with Crippen LogP contribution in [0.5, 0.6) is 0 Å². The number of aromatic nitrogens is 2. The molecular formula is C18H24N2O2S. The number of aryl methyl sites for hydroxylation is 5. The molecule has 5 heteroatoms. The van der Waals surface area contributed by atoms with Crippen LogP contribution in [0.4, 0.5) is 0 Å². The summed E-state index contributed by atoms with van der Waals surface area (Å²) in [6, 6.07) is 4.23. The van der Waals surface area contributed by atoms with Crippen LogP contribution in [-0.4, -0.2) is 20.6 Å². The Morgan fingerprint density at radius 1 is 1.13 bits per heavy atom. The number of hydrogen-bond acceptors (Lipinski definition) is 3. The first-order valence-electron chi connectivity index (χ1n) is 7.85. The number of rotatable bonds is 4. The molecule has 0 radical (unpaired) electrons. The first-order chi connectivity index (χ1) is 10.8. The van der Waals surface area contributed by atoms with Crippen molar-refractivity contribution < 1.29 is 4.55 Å². The molecular weight excluding hydrogens is 308 g/mol. The van der Waals surface area contributed by atoms with E-state index in [1.54, 1.807) is 13.3 Å². The highest BCUT2D eigenvalue weighted by Crippen LogP contribution is 2.33. The van der Waals surface area contributed by atoms with E-state index in [1.165, 1.54) is 10.2 Å². The van der Waals surface area contributed by atoms with Crippen molar-refractivity contribution >= 4 is 11.2 Å². The number of hydrogen-bond donors (Lipinski definition) is 0. The standard InChI is InChI=1S/C18H24N2O2S/c1-7-13-9-11(3)10-14(8-2)15(13)16-17(23(6)22)12(4)19-20(5)18(16)21/h9-10H,7-8H2,1-6H3. The molecule has 1 unspecified atom stereocenters.